The number of nitrogens with zero attached hydrogens (tertiary/aromatic N) is 3. The highest BCUT2D eigenvalue weighted by Gasteiger charge is 2.18. The van der Waals surface area contributed by atoms with Crippen molar-refractivity contribution in [3.05, 3.63) is 59.8 Å². The Morgan fingerprint density at radius 3 is 2.53 bits per heavy atom. The molecule has 1 fully saturated rings. The first-order valence-corrected chi connectivity index (χ1v) is 10.6. The smallest absolute Gasteiger partial charge is 0.251 e. The minimum Gasteiger partial charge on any atom is -0.382 e. The molecule has 0 spiro atoms. The van der Waals surface area contributed by atoms with Gasteiger partial charge in [-0.3, -0.25) is 4.79 Å². The molecule has 1 saturated heterocycles. The molecule has 6 heteroatoms. The number of anilines is 2. The van der Waals surface area contributed by atoms with Gasteiger partial charge in [-0.2, -0.15) is 0 Å². The summed E-state index contributed by atoms with van der Waals surface area (Å²) in [5.74, 6) is 0.369. The Morgan fingerprint density at radius 2 is 1.73 bits per heavy atom. The number of aromatic nitrogens is 2. The molecule has 1 amide bonds. The Morgan fingerprint density at radius 1 is 0.967 bits per heavy atom. The number of hydrogen-bond acceptors (Lipinski definition) is 5. The van der Waals surface area contributed by atoms with Crippen molar-refractivity contribution in [2.45, 2.75) is 25.7 Å². The van der Waals surface area contributed by atoms with E-state index in [0.717, 1.165) is 47.5 Å². The molecule has 2 aliphatic heterocycles. The van der Waals surface area contributed by atoms with Gasteiger partial charge in [-0.05, 0) is 55.5 Å². The van der Waals surface area contributed by atoms with Crippen LogP contribution in [-0.2, 0) is 6.42 Å². The molecule has 3 heterocycles. The van der Waals surface area contributed by atoms with Crippen molar-refractivity contribution in [1.82, 2.24) is 15.3 Å². The SMILES string of the molecule is Nc1ncc(-c2ccc(N3CCCCC3)cc2)nc1-c1ccc2c(c1)CCNC2=O. The third kappa shape index (κ3) is 3.49. The van der Waals surface area contributed by atoms with Gasteiger partial charge in [-0.15, -0.1) is 0 Å². The van der Waals surface area contributed by atoms with Gasteiger partial charge in [-0.25, -0.2) is 9.97 Å². The molecule has 0 unspecified atom stereocenters. The number of benzene rings is 2. The van der Waals surface area contributed by atoms with E-state index in [1.54, 1.807) is 6.20 Å². The highest BCUT2D eigenvalue weighted by Crippen LogP contribution is 2.30. The first kappa shape index (κ1) is 18.6. The Bertz CT molecular complexity index is 1090. The number of piperidine rings is 1. The number of nitrogen functional groups attached to an aromatic ring is 1. The van der Waals surface area contributed by atoms with E-state index in [0.29, 0.717) is 18.1 Å². The summed E-state index contributed by atoms with van der Waals surface area (Å²) >= 11 is 0. The quantitative estimate of drug-likeness (QED) is 0.702. The zero-order valence-electron chi connectivity index (χ0n) is 16.9. The number of rotatable bonds is 3. The lowest BCUT2D eigenvalue weighted by Crippen LogP contribution is -2.31. The summed E-state index contributed by atoms with van der Waals surface area (Å²) in [4.78, 5) is 23.7. The number of carbonyl (C=O) groups is 1. The molecule has 5 rings (SSSR count). The summed E-state index contributed by atoms with van der Waals surface area (Å²) in [6, 6.07) is 14.3. The van der Waals surface area contributed by atoms with Crippen LogP contribution in [0.3, 0.4) is 0 Å². The summed E-state index contributed by atoms with van der Waals surface area (Å²) in [6.45, 7) is 2.91. The number of amides is 1. The number of nitrogens with one attached hydrogen (secondary N) is 1. The Labute approximate surface area is 176 Å². The van der Waals surface area contributed by atoms with Gasteiger partial charge < -0.3 is 16.0 Å². The zero-order chi connectivity index (χ0) is 20.5. The van der Waals surface area contributed by atoms with Crippen molar-refractivity contribution in [2.24, 2.45) is 0 Å². The molecule has 2 aliphatic rings. The second-order valence-corrected chi connectivity index (χ2v) is 7.96. The van der Waals surface area contributed by atoms with Gasteiger partial charge in [0, 0.05) is 42.0 Å². The van der Waals surface area contributed by atoms with Crippen LogP contribution in [-0.4, -0.2) is 35.5 Å². The number of fused-ring (bicyclic) bond motifs is 1. The maximum atomic E-state index is 12.0. The van der Waals surface area contributed by atoms with Crippen LogP contribution in [0.2, 0.25) is 0 Å². The van der Waals surface area contributed by atoms with Gasteiger partial charge in [-0.1, -0.05) is 18.2 Å². The van der Waals surface area contributed by atoms with E-state index < -0.39 is 0 Å². The van der Waals surface area contributed by atoms with Crippen LogP contribution >= 0.6 is 0 Å². The third-order valence-electron chi connectivity index (χ3n) is 5.99. The van der Waals surface area contributed by atoms with Crippen molar-refractivity contribution in [3.8, 4) is 22.5 Å². The largest absolute Gasteiger partial charge is 0.382 e. The molecule has 0 atom stereocenters. The first-order chi connectivity index (χ1) is 14.7. The molecular formula is C24H25N5O. The average molecular weight is 399 g/mol. The second kappa shape index (κ2) is 7.78. The van der Waals surface area contributed by atoms with E-state index in [1.807, 2.05) is 18.2 Å². The molecule has 0 radical (unpaired) electrons. The van der Waals surface area contributed by atoms with Gasteiger partial charge >= 0.3 is 0 Å². The highest BCUT2D eigenvalue weighted by molar-refractivity contribution is 5.97. The molecule has 1 aromatic heterocycles. The van der Waals surface area contributed by atoms with E-state index in [-0.39, 0.29) is 5.91 Å². The fourth-order valence-corrected chi connectivity index (χ4v) is 4.32. The van der Waals surface area contributed by atoms with Crippen LogP contribution in [0.25, 0.3) is 22.5 Å². The number of nitrogens with two attached hydrogens (primary N) is 1. The lowest BCUT2D eigenvalue weighted by molar-refractivity contribution is 0.0946. The van der Waals surface area contributed by atoms with Crippen molar-refractivity contribution in [3.63, 3.8) is 0 Å². The maximum absolute atomic E-state index is 12.0. The lowest BCUT2D eigenvalue weighted by atomic mass is 9.96. The van der Waals surface area contributed by atoms with Crippen molar-refractivity contribution in [1.29, 1.82) is 0 Å². The average Bonchev–Trinajstić information content (AvgIpc) is 2.80. The van der Waals surface area contributed by atoms with Crippen LogP contribution in [0.15, 0.2) is 48.7 Å². The predicted molar refractivity (Wildman–Crippen MR) is 119 cm³/mol. The molecule has 30 heavy (non-hydrogen) atoms. The predicted octanol–water partition coefficient (Wildman–Crippen LogP) is 3.67. The topological polar surface area (TPSA) is 84.1 Å². The summed E-state index contributed by atoms with van der Waals surface area (Å²) in [5.41, 5.74) is 12.5. The molecule has 0 aliphatic carbocycles. The molecular weight excluding hydrogens is 374 g/mol. The van der Waals surface area contributed by atoms with Crippen LogP contribution in [0.1, 0.15) is 35.2 Å². The van der Waals surface area contributed by atoms with E-state index >= 15 is 0 Å². The Kier molecular flexibility index (Phi) is 4.83. The number of hydrogen-bond donors (Lipinski definition) is 2. The van der Waals surface area contributed by atoms with Crippen LogP contribution in [0, 0.1) is 0 Å². The highest BCUT2D eigenvalue weighted by atomic mass is 16.1. The number of carbonyl (C=O) groups excluding carboxylic acids is 1. The molecule has 0 bridgehead atoms. The Hall–Kier alpha value is -3.41. The maximum Gasteiger partial charge on any atom is 0.251 e. The molecule has 6 nitrogen and oxygen atoms in total. The fourth-order valence-electron chi connectivity index (χ4n) is 4.32. The summed E-state index contributed by atoms with van der Waals surface area (Å²) in [5, 5.41) is 2.87. The third-order valence-corrected chi connectivity index (χ3v) is 5.99. The fraction of sp³-hybridized carbons (Fsp3) is 0.292. The summed E-state index contributed by atoms with van der Waals surface area (Å²) < 4.78 is 0. The summed E-state index contributed by atoms with van der Waals surface area (Å²) in [6.07, 6.45) is 6.38. The van der Waals surface area contributed by atoms with E-state index in [1.165, 1.54) is 24.9 Å². The zero-order valence-corrected chi connectivity index (χ0v) is 16.9. The molecule has 3 N–H and O–H groups in total. The molecule has 3 aromatic rings. The van der Waals surface area contributed by atoms with Gasteiger partial charge in [0.1, 0.15) is 11.5 Å². The minimum absolute atomic E-state index is 0.0237. The van der Waals surface area contributed by atoms with Crippen molar-refractivity contribution in [2.75, 3.05) is 30.3 Å². The second-order valence-electron chi connectivity index (χ2n) is 7.96. The standard InChI is InChI=1S/C24H25N5O/c25-23-22(18-6-9-20-17(14-18)10-11-26-24(20)30)28-21(15-27-23)16-4-7-19(8-5-16)29-12-2-1-3-13-29/h4-9,14-15H,1-3,10-13H2,(H2,25,27)(H,26,30). The van der Waals surface area contributed by atoms with Gasteiger partial charge in [0.05, 0.1) is 11.9 Å². The van der Waals surface area contributed by atoms with E-state index in [9.17, 15) is 4.79 Å². The summed E-state index contributed by atoms with van der Waals surface area (Å²) in [7, 11) is 0. The molecule has 2 aromatic carbocycles. The van der Waals surface area contributed by atoms with Crippen LogP contribution in [0.5, 0.6) is 0 Å². The monoisotopic (exact) mass is 399 g/mol. The van der Waals surface area contributed by atoms with Crippen LogP contribution in [0.4, 0.5) is 11.5 Å². The van der Waals surface area contributed by atoms with Crippen molar-refractivity contribution < 1.29 is 4.79 Å². The molecule has 152 valence electrons. The lowest BCUT2D eigenvalue weighted by Gasteiger charge is -2.28. The Balaban J connectivity index is 1.46. The first-order valence-electron chi connectivity index (χ1n) is 10.6. The van der Waals surface area contributed by atoms with Gasteiger partial charge in [0.15, 0.2) is 0 Å². The molecule has 0 saturated carbocycles. The van der Waals surface area contributed by atoms with Crippen LogP contribution < -0.4 is 16.0 Å². The van der Waals surface area contributed by atoms with Gasteiger partial charge in [0.2, 0.25) is 0 Å². The van der Waals surface area contributed by atoms with Gasteiger partial charge in [0.25, 0.3) is 5.91 Å². The van der Waals surface area contributed by atoms with E-state index in [2.05, 4.69) is 39.5 Å². The normalized spacial score (nSPS) is 16.1. The minimum atomic E-state index is -0.0237. The van der Waals surface area contributed by atoms with Crippen molar-refractivity contribution >= 4 is 17.4 Å². The van der Waals surface area contributed by atoms with E-state index in [4.69, 9.17) is 10.7 Å².